The van der Waals surface area contributed by atoms with Gasteiger partial charge in [0.05, 0.1) is 28.2 Å². The molecule has 15 rings (SSSR count). The van der Waals surface area contributed by atoms with Gasteiger partial charge in [-0.2, -0.15) is 0 Å². The normalized spacial score (nSPS) is 15.0. The number of hydrogen-bond donors (Lipinski definition) is 0. The summed E-state index contributed by atoms with van der Waals surface area (Å²) in [5.74, 6) is 0. The van der Waals surface area contributed by atoms with Gasteiger partial charge in [-0.05, 0) is 126 Å². The van der Waals surface area contributed by atoms with Crippen molar-refractivity contribution in [2.45, 2.75) is 5.41 Å². The van der Waals surface area contributed by atoms with Crippen LogP contribution < -0.4 is 30.5 Å². The highest BCUT2D eigenvalue weighted by molar-refractivity contribution is 7.24. The van der Waals surface area contributed by atoms with Gasteiger partial charge in [-0.15, -0.1) is 0 Å². The highest BCUT2D eigenvalue weighted by Crippen LogP contribution is 2.64. The van der Waals surface area contributed by atoms with Crippen LogP contribution in [0.5, 0.6) is 0 Å². The van der Waals surface area contributed by atoms with E-state index >= 15 is 0 Å². The first-order valence-corrected chi connectivity index (χ1v) is 24.6. The molecule has 5 heterocycles. The zero-order valence-corrected chi connectivity index (χ0v) is 36.2. The van der Waals surface area contributed by atoms with Crippen molar-refractivity contribution in [1.29, 1.82) is 0 Å². The third kappa shape index (κ3) is 4.30. The Labute approximate surface area is 377 Å². The molecule has 0 atom stereocenters. The first-order valence-electron chi connectivity index (χ1n) is 22.6. The molecule has 0 saturated carbocycles. The summed E-state index contributed by atoms with van der Waals surface area (Å²) in [4.78, 5) is 5.02. The maximum absolute atomic E-state index is 6.85. The number of rotatable bonds is 2. The van der Waals surface area contributed by atoms with Crippen molar-refractivity contribution < 1.29 is 4.42 Å². The van der Waals surface area contributed by atoms with E-state index in [9.17, 15) is 0 Å². The summed E-state index contributed by atoms with van der Waals surface area (Å²) in [6, 6.07) is 86.5. The van der Waals surface area contributed by atoms with Crippen molar-refractivity contribution in [3.63, 3.8) is 0 Å². The van der Waals surface area contributed by atoms with Crippen molar-refractivity contribution in [1.82, 2.24) is 0 Å². The fraction of sp³-hybridized carbons (Fsp3) is 0.0164. The number of para-hydroxylation sites is 5. The third-order valence-electron chi connectivity index (χ3n) is 15.0. The monoisotopic (exact) mass is 842 g/mol. The van der Waals surface area contributed by atoms with Gasteiger partial charge in [0.2, 0.25) is 0 Å². The maximum Gasteiger partial charge on any atom is 0.182 e. The molecular formula is C61H38N2OSi. The summed E-state index contributed by atoms with van der Waals surface area (Å²) in [7, 11) is -2.72. The largest absolute Gasteiger partial charge is 0.456 e. The third-order valence-corrected chi connectivity index (χ3v) is 20.0. The average Bonchev–Trinajstić information content (AvgIpc) is 3.99. The van der Waals surface area contributed by atoms with Crippen LogP contribution in [-0.2, 0) is 5.41 Å². The highest BCUT2D eigenvalue weighted by atomic mass is 28.3. The second-order valence-corrected chi connectivity index (χ2v) is 21.5. The number of nitrogens with zero attached hydrogens (tertiary/aromatic N) is 2. The Morgan fingerprint density at radius 1 is 0.308 bits per heavy atom. The minimum Gasteiger partial charge on any atom is -0.456 e. The molecule has 0 N–H and O–H groups in total. The molecule has 0 unspecified atom stereocenters. The van der Waals surface area contributed by atoms with Crippen molar-refractivity contribution in [3.05, 3.63) is 253 Å². The molecule has 0 aliphatic carbocycles. The van der Waals surface area contributed by atoms with Gasteiger partial charge < -0.3 is 14.2 Å². The van der Waals surface area contributed by atoms with Crippen LogP contribution in [0.3, 0.4) is 0 Å². The lowest BCUT2D eigenvalue weighted by atomic mass is 9.60. The van der Waals surface area contributed by atoms with Crippen molar-refractivity contribution in [3.8, 4) is 22.3 Å². The van der Waals surface area contributed by atoms with Gasteiger partial charge in [0.1, 0.15) is 11.2 Å². The summed E-state index contributed by atoms with van der Waals surface area (Å²) >= 11 is 0. The Morgan fingerprint density at radius 2 is 0.785 bits per heavy atom. The number of benzene rings is 10. The summed E-state index contributed by atoms with van der Waals surface area (Å²) in [5, 5.41) is 8.12. The second kappa shape index (κ2) is 12.7. The van der Waals surface area contributed by atoms with Crippen LogP contribution in [0, 0.1) is 0 Å². The predicted molar refractivity (Wildman–Crippen MR) is 270 cm³/mol. The summed E-state index contributed by atoms with van der Waals surface area (Å²) in [5.41, 5.74) is 18.4. The Kier molecular flexibility index (Phi) is 6.91. The molecule has 4 aliphatic rings. The lowest BCUT2D eigenvalue weighted by Gasteiger charge is -2.51. The first-order chi connectivity index (χ1) is 32.3. The fourth-order valence-corrected chi connectivity index (χ4v) is 18.3. The van der Waals surface area contributed by atoms with E-state index in [-0.39, 0.29) is 0 Å². The Hall–Kier alpha value is -8.18. The van der Waals surface area contributed by atoms with Crippen LogP contribution in [0.2, 0.25) is 0 Å². The molecule has 11 aromatic rings. The van der Waals surface area contributed by atoms with Crippen molar-refractivity contribution >= 4 is 84.9 Å². The van der Waals surface area contributed by atoms with E-state index in [0.717, 1.165) is 50.4 Å². The second-order valence-electron chi connectivity index (χ2n) is 17.9. The number of anilines is 6. The molecule has 302 valence electrons. The fourth-order valence-electron chi connectivity index (χ4n) is 12.7. The number of hydrogen-bond acceptors (Lipinski definition) is 3. The number of furan rings is 1. The van der Waals surface area contributed by atoms with E-state index in [2.05, 4.69) is 240 Å². The molecule has 4 aliphatic heterocycles. The van der Waals surface area contributed by atoms with Crippen LogP contribution in [0.4, 0.5) is 34.1 Å². The van der Waals surface area contributed by atoms with E-state index < -0.39 is 13.5 Å². The quantitative estimate of drug-likeness (QED) is 0.162. The zero-order chi connectivity index (χ0) is 42.4. The van der Waals surface area contributed by atoms with Gasteiger partial charge >= 0.3 is 0 Å². The molecule has 10 aromatic carbocycles. The standard InChI is InChI=1S/C61H38N2OSi/c1-2-18-39(19-3-1)62-51-27-11-8-24-47(51)61(48-25-9-12-28-52(48)62)49-26-10-13-29-53(49)63(54-37-46-41-20-4-14-30-55(41)64-56(46)38-50(54)61)40-34-35-45-44-23-7-17-33-59(44)65(60(45)36-40)57-31-15-5-21-42(57)43-22-6-16-32-58(43)65/h1-38H. The Balaban J connectivity index is 1.06. The smallest absolute Gasteiger partial charge is 0.182 e. The molecule has 65 heavy (non-hydrogen) atoms. The molecule has 3 nitrogen and oxygen atoms in total. The number of fused-ring (bicyclic) bond motifs is 21. The summed E-state index contributed by atoms with van der Waals surface area (Å²) in [6.07, 6.45) is 0. The molecular weight excluding hydrogens is 805 g/mol. The molecule has 1 aromatic heterocycles. The zero-order valence-electron chi connectivity index (χ0n) is 35.2. The SMILES string of the molecule is c1ccc(N2c3ccccc3C3(c4ccccc42)c2ccccc2N(c2ccc4c(c2)[Si]2(c5ccccc5-c5ccccc52)c2ccccc2-4)c2cc4c(cc23)oc2ccccc24)cc1. The molecule has 0 saturated heterocycles. The topological polar surface area (TPSA) is 19.6 Å². The lowest BCUT2D eigenvalue weighted by Crippen LogP contribution is -2.70. The molecule has 2 spiro atoms. The Morgan fingerprint density at radius 3 is 1.38 bits per heavy atom. The van der Waals surface area contributed by atoms with Crippen LogP contribution in [0.25, 0.3) is 44.2 Å². The molecule has 0 amide bonds. The average molecular weight is 843 g/mol. The van der Waals surface area contributed by atoms with Crippen molar-refractivity contribution in [2.75, 3.05) is 9.80 Å². The van der Waals surface area contributed by atoms with Gasteiger partial charge in [0.25, 0.3) is 0 Å². The van der Waals surface area contributed by atoms with E-state index in [4.69, 9.17) is 4.42 Å². The van der Waals surface area contributed by atoms with E-state index in [1.54, 1.807) is 0 Å². The van der Waals surface area contributed by atoms with Gasteiger partial charge in [-0.3, -0.25) is 0 Å². The van der Waals surface area contributed by atoms with Crippen LogP contribution >= 0.6 is 0 Å². The first kappa shape index (κ1) is 35.3. The van der Waals surface area contributed by atoms with Crippen molar-refractivity contribution in [2.24, 2.45) is 0 Å². The minimum absolute atomic E-state index is 0.694. The van der Waals surface area contributed by atoms with Crippen LogP contribution in [-0.4, -0.2) is 8.07 Å². The minimum atomic E-state index is -2.72. The van der Waals surface area contributed by atoms with E-state index in [1.807, 2.05) is 0 Å². The van der Waals surface area contributed by atoms with Gasteiger partial charge in [-0.25, -0.2) is 0 Å². The highest BCUT2D eigenvalue weighted by Gasteiger charge is 2.55. The Bertz CT molecular complexity index is 3720. The summed E-state index contributed by atoms with van der Waals surface area (Å²) < 4.78 is 6.85. The van der Waals surface area contributed by atoms with Gasteiger partial charge in [-0.1, -0.05) is 170 Å². The van der Waals surface area contributed by atoms with Crippen LogP contribution in [0.1, 0.15) is 22.3 Å². The van der Waals surface area contributed by atoms with E-state index in [1.165, 1.54) is 70.9 Å². The molecule has 0 radical (unpaired) electrons. The van der Waals surface area contributed by atoms with Crippen LogP contribution in [0.15, 0.2) is 235 Å². The predicted octanol–water partition coefficient (Wildman–Crippen LogP) is 12.9. The van der Waals surface area contributed by atoms with E-state index in [0.29, 0.717) is 0 Å². The molecule has 4 heteroatoms. The maximum atomic E-state index is 6.85. The molecule has 0 bridgehead atoms. The van der Waals surface area contributed by atoms with Gasteiger partial charge in [0, 0.05) is 22.1 Å². The molecule has 0 fully saturated rings. The summed E-state index contributed by atoms with van der Waals surface area (Å²) in [6.45, 7) is 0. The van der Waals surface area contributed by atoms with Gasteiger partial charge in [0.15, 0.2) is 8.07 Å². The lowest BCUT2D eigenvalue weighted by molar-refractivity contribution is 0.663.